The molecule has 0 aromatic carbocycles. The fourth-order valence-corrected chi connectivity index (χ4v) is 4.72. The van der Waals surface area contributed by atoms with Crippen LogP contribution in [0.2, 0.25) is 0 Å². The first-order chi connectivity index (χ1) is 8.16. The fraction of sp³-hybridized carbons (Fsp3) is 1.00. The van der Waals surface area contributed by atoms with E-state index in [0.717, 1.165) is 52.1 Å². The summed E-state index contributed by atoms with van der Waals surface area (Å²) >= 11 is 9.76. The minimum Gasteiger partial charge on any atom is -0.381 e. The second kappa shape index (κ2) is 6.85. The summed E-state index contributed by atoms with van der Waals surface area (Å²) in [6.45, 7) is 2.96. The van der Waals surface area contributed by atoms with Gasteiger partial charge in [-0.3, -0.25) is 0 Å². The van der Waals surface area contributed by atoms with Crippen LogP contribution < -0.4 is 0 Å². The molecule has 0 radical (unpaired) electrons. The van der Waals surface area contributed by atoms with Crippen molar-refractivity contribution in [3.05, 3.63) is 0 Å². The van der Waals surface area contributed by atoms with Crippen LogP contribution in [0.25, 0.3) is 0 Å². The molecule has 4 nitrogen and oxygen atoms in total. The molecule has 0 aromatic rings. The minimum absolute atomic E-state index is 0.145. The maximum atomic E-state index is 5.83. The average molecular weight is 298 g/mol. The predicted octanol–water partition coefficient (Wildman–Crippen LogP) is 2.53. The van der Waals surface area contributed by atoms with Gasteiger partial charge in [0.25, 0.3) is 0 Å². The maximum absolute atomic E-state index is 5.83. The highest BCUT2D eigenvalue weighted by Gasteiger charge is 2.26. The maximum Gasteiger partial charge on any atom is 0.244 e. The molecule has 2 fully saturated rings. The summed E-state index contributed by atoms with van der Waals surface area (Å²) in [4.78, 5) is 0. The van der Waals surface area contributed by atoms with Crippen molar-refractivity contribution in [3.63, 3.8) is 0 Å². The Kier molecular flexibility index (Phi) is 5.74. The number of ether oxygens (including phenoxy) is 2. The molecule has 2 aliphatic heterocycles. The van der Waals surface area contributed by atoms with E-state index in [2.05, 4.69) is 12.2 Å². The van der Waals surface area contributed by atoms with Crippen LogP contribution in [0, 0.1) is 0 Å². The topological polar surface area (TPSA) is 36.9 Å². The van der Waals surface area contributed by atoms with E-state index in [1.807, 2.05) is 0 Å². The summed E-state index contributed by atoms with van der Waals surface area (Å²) in [5, 5.41) is 0. The van der Waals surface area contributed by atoms with Crippen LogP contribution in [0.5, 0.6) is 0 Å². The van der Waals surface area contributed by atoms with Gasteiger partial charge in [-0.15, -0.1) is 0 Å². The zero-order chi connectivity index (χ0) is 12.1. The monoisotopic (exact) mass is 298 g/mol. The highest BCUT2D eigenvalue weighted by atomic mass is 32.9. The number of hydrogen-bond acceptors (Lipinski definition) is 5. The van der Waals surface area contributed by atoms with Gasteiger partial charge >= 0.3 is 0 Å². The van der Waals surface area contributed by atoms with Gasteiger partial charge in [0.05, 0.1) is 12.2 Å². The van der Waals surface area contributed by atoms with E-state index in [1.165, 1.54) is 0 Å². The second-order valence-electron chi connectivity index (χ2n) is 4.30. The lowest BCUT2D eigenvalue weighted by atomic mass is 10.2. The predicted molar refractivity (Wildman–Crippen MR) is 73.1 cm³/mol. The Hall–Kier alpha value is 0.840. The van der Waals surface area contributed by atoms with E-state index in [-0.39, 0.29) is 12.2 Å². The Morgan fingerprint density at radius 3 is 1.59 bits per heavy atom. The zero-order valence-corrected chi connectivity index (χ0v) is 12.4. The molecule has 0 unspecified atom stereocenters. The Bertz CT molecular complexity index is 253. The van der Waals surface area contributed by atoms with Crippen LogP contribution in [-0.4, -0.2) is 38.6 Å². The third kappa shape index (κ3) is 5.15. The normalized spacial score (nSPS) is 25.0. The van der Waals surface area contributed by atoms with Crippen molar-refractivity contribution in [2.45, 2.75) is 37.9 Å². The summed E-state index contributed by atoms with van der Waals surface area (Å²) < 4.78 is 22.2. The van der Waals surface area contributed by atoms with Crippen molar-refractivity contribution < 1.29 is 18.5 Å². The van der Waals surface area contributed by atoms with E-state index in [4.69, 9.17) is 30.3 Å². The molecule has 0 aromatic heterocycles. The molecule has 2 saturated heterocycles. The van der Waals surface area contributed by atoms with E-state index in [1.54, 1.807) is 0 Å². The highest BCUT2D eigenvalue weighted by Crippen LogP contribution is 2.56. The van der Waals surface area contributed by atoms with Gasteiger partial charge < -0.3 is 18.5 Å². The Morgan fingerprint density at radius 1 is 0.882 bits per heavy atom. The SMILES string of the molecule is S=P(S)(OC1CCOCC1)OC1CCOCC1. The van der Waals surface area contributed by atoms with Crippen molar-refractivity contribution in [1.29, 1.82) is 0 Å². The molecule has 17 heavy (non-hydrogen) atoms. The molecular formula is C10H19O4PS2. The summed E-state index contributed by atoms with van der Waals surface area (Å²) in [6, 6.07) is 0. The third-order valence-electron chi connectivity index (χ3n) is 2.90. The molecule has 0 bridgehead atoms. The Morgan fingerprint density at radius 2 is 1.24 bits per heavy atom. The molecule has 7 heteroatoms. The van der Waals surface area contributed by atoms with Crippen LogP contribution in [0.3, 0.4) is 0 Å². The summed E-state index contributed by atoms with van der Waals surface area (Å²) in [5.41, 5.74) is -2.41. The first-order valence-electron chi connectivity index (χ1n) is 6.01. The van der Waals surface area contributed by atoms with Crippen LogP contribution in [0.15, 0.2) is 0 Å². The van der Waals surface area contributed by atoms with E-state index >= 15 is 0 Å². The van der Waals surface area contributed by atoms with Gasteiger partial charge in [0.1, 0.15) is 0 Å². The van der Waals surface area contributed by atoms with Crippen molar-refractivity contribution >= 4 is 29.7 Å². The van der Waals surface area contributed by atoms with Gasteiger partial charge in [0.2, 0.25) is 5.69 Å². The summed E-state index contributed by atoms with van der Waals surface area (Å²) in [6.07, 6.45) is 3.83. The van der Waals surface area contributed by atoms with Gasteiger partial charge in [-0.1, -0.05) is 12.2 Å². The molecule has 0 saturated carbocycles. The van der Waals surface area contributed by atoms with Crippen molar-refractivity contribution in [1.82, 2.24) is 0 Å². The zero-order valence-electron chi connectivity index (χ0n) is 9.75. The summed E-state index contributed by atoms with van der Waals surface area (Å²) in [5.74, 6) is 0. The van der Waals surface area contributed by atoms with E-state index in [0.29, 0.717) is 0 Å². The Balaban J connectivity index is 1.78. The standard InChI is InChI=1S/C10H19O4PS2/c16-15(17,13-9-1-5-11-6-2-9)14-10-3-7-12-8-4-10/h9-10H,1-8H2,(H,16,17). The third-order valence-corrected chi connectivity index (χ3v) is 5.11. The summed E-state index contributed by atoms with van der Waals surface area (Å²) in [7, 11) is 0. The van der Waals surface area contributed by atoms with Crippen molar-refractivity contribution in [3.8, 4) is 0 Å². The quantitative estimate of drug-likeness (QED) is 0.637. The van der Waals surface area contributed by atoms with Crippen LogP contribution in [-0.2, 0) is 30.3 Å². The molecule has 2 aliphatic rings. The highest BCUT2D eigenvalue weighted by molar-refractivity contribution is 8.60. The van der Waals surface area contributed by atoms with Crippen LogP contribution >= 0.6 is 17.9 Å². The van der Waals surface area contributed by atoms with Crippen molar-refractivity contribution in [2.24, 2.45) is 0 Å². The van der Waals surface area contributed by atoms with Gasteiger partial charge in [-0.25, -0.2) is 0 Å². The molecule has 100 valence electrons. The van der Waals surface area contributed by atoms with Gasteiger partial charge in [-0.05, 0) is 37.5 Å². The molecule has 0 spiro atoms. The molecule has 0 N–H and O–H groups in total. The lowest BCUT2D eigenvalue weighted by Crippen LogP contribution is -2.25. The second-order valence-corrected chi connectivity index (χ2v) is 9.50. The van der Waals surface area contributed by atoms with Gasteiger partial charge in [-0.2, -0.15) is 0 Å². The fourth-order valence-electron chi connectivity index (χ4n) is 1.96. The van der Waals surface area contributed by atoms with Crippen molar-refractivity contribution in [2.75, 3.05) is 26.4 Å². The van der Waals surface area contributed by atoms with E-state index < -0.39 is 5.69 Å². The number of hydrogen-bond donors (Lipinski definition) is 1. The smallest absolute Gasteiger partial charge is 0.244 e. The molecular weight excluding hydrogens is 279 g/mol. The average Bonchev–Trinajstić information content (AvgIpc) is 2.30. The van der Waals surface area contributed by atoms with Gasteiger partial charge in [0, 0.05) is 26.4 Å². The Labute approximate surface area is 113 Å². The molecule has 0 atom stereocenters. The molecule has 0 amide bonds. The van der Waals surface area contributed by atoms with E-state index in [9.17, 15) is 0 Å². The lowest BCUT2D eigenvalue weighted by Gasteiger charge is -2.30. The van der Waals surface area contributed by atoms with Crippen LogP contribution in [0.4, 0.5) is 0 Å². The minimum atomic E-state index is -2.41. The van der Waals surface area contributed by atoms with Gasteiger partial charge in [0.15, 0.2) is 0 Å². The number of rotatable bonds is 4. The molecule has 2 heterocycles. The largest absolute Gasteiger partial charge is 0.381 e. The van der Waals surface area contributed by atoms with Crippen LogP contribution in [0.1, 0.15) is 25.7 Å². The molecule has 2 rings (SSSR count). The number of thiol groups is 1. The molecule has 0 aliphatic carbocycles. The first kappa shape index (κ1) is 14.3. The lowest BCUT2D eigenvalue weighted by molar-refractivity contribution is 0.00651. The first-order valence-corrected chi connectivity index (χ1v) is 9.80.